The number of anilines is 1. The molecule has 0 bridgehead atoms. The quantitative estimate of drug-likeness (QED) is 0.731. The zero-order valence-electron chi connectivity index (χ0n) is 11.2. The van der Waals surface area contributed by atoms with Crippen molar-refractivity contribution in [3.05, 3.63) is 52.0 Å². The number of nitriles is 1. The summed E-state index contributed by atoms with van der Waals surface area (Å²) < 4.78 is 27.9. The van der Waals surface area contributed by atoms with E-state index in [0.29, 0.717) is 10.5 Å². The SMILES string of the molecule is N#Cc1ccc(S(=O)(=O)Nc2nc3ccc(Cl)cc3s2)cc1Cl. The summed E-state index contributed by atoms with van der Waals surface area (Å²) in [6, 6.07) is 10.9. The van der Waals surface area contributed by atoms with Gasteiger partial charge in [-0.2, -0.15) is 5.26 Å². The summed E-state index contributed by atoms with van der Waals surface area (Å²) in [5.74, 6) is 0. The minimum absolute atomic E-state index is 0.0428. The van der Waals surface area contributed by atoms with Gasteiger partial charge in [0, 0.05) is 5.02 Å². The van der Waals surface area contributed by atoms with Crippen molar-refractivity contribution in [2.45, 2.75) is 4.90 Å². The first-order valence-electron chi connectivity index (χ1n) is 6.17. The summed E-state index contributed by atoms with van der Waals surface area (Å²) >= 11 is 13.0. The molecular weight excluding hydrogens is 377 g/mol. The summed E-state index contributed by atoms with van der Waals surface area (Å²) in [4.78, 5) is 4.16. The van der Waals surface area contributed by atoms with Crippen molar-refractivity contribution >= 4 is 59.9 Å². The van der Waals surface area contributed by atoms with Gasteiger partial charge in [-0.05, 0) is 36.4 Å². The zero-order valence-corrected chi connectivity index (χ0v) is 14.4. The second-order valence-corrected chi connectivity index (χ2v) is 8.05. The molecule has 1 heterocycles. The van der Waals surface area contributed by atoms with Crippen LogP contribution in [0, 0.1) is 11.3 Å². The number of nitrogens with zero attached hydrogens (tertiary/aromatic N) is 2. The van der Waals surface area contributed by atoms with Crippen molar-refractivity contribution < 1.29 is 8.42 Å². The molecular formula is C14H7Cl2N3O2S2. The van der Waals surface area contributed by atoms with E-state index >= 15 is 0 Å². The van der Waals surface area contributed by atoms with Gasteiger partial charge in [-0.15, -0.1) is 0 Å². The second-order valence-electron chi connectivity index (χ2n) is 4.49. The van der Waals surface area contributed by atoms with Gasteiger partial charge in [0.15, 0.2) is 5.13 Å². The molecule has 1 N–H and O–H groups in total. The average molecular weight is 384 g/mol. The molecule has 1 aromatic heterocycles. The Bertz CT molecular complexity index is 1060. The van der Waals surface area contributed by atoms with E-state index in [1.807, 2.05) is 6.07 Å². The van der Waals surface area contributed by atoms with Crippen LogP contribution in [0.2, 0.25) is 10.0 Å². The predicted molar refractivity (Wildman–Crippen MR) is 91.6 cm³/mol. The smallest absolute Gasteiger partial charge is 0.255 e. The summed E-state index contributed by atoms with van der Waals surface area (Å²) in [6.07, 6.45) is 0. The lowest BCUT2D eigenvalue weighted by Crippen LogP contribution is -2.12. The number of hydrogen-bond donors (Lipinski definition) is 1. The number of nitrogens with one attached hydrogen (secondary N) is 1. The van der Waals surface area contributed by atoms with Crippen LogP contribution in [0.25, 0.3) is 10.2 Å². The number of halogens is 2. The first-order valence-corrected chi connectivity index (χ1v) is 9.23. The third-order valence-corrected chi connectivity index (χ3v) is 5.89. The number of benzene rings is 2. The van der Waals surface area contributed by atoms with Gasteiger partial charge >= 0.3 is 0 Å². The van der Waals surface area contributed by atoms with Crippen molar-refractivity contribution in [1.82, 2.24) is 4.98 Å². The van der Waals surface area contributed by atoms with E-state index in [-0.39, 0.29) is 20.6 Å². The van der Waals surface area contributed by atoms with E-state index in [4.69, 9.17) is 28.5 Å². The van der Waals surface area contributed by atoms with Crippen molar-refractivity contribution in [2.24, 2.45) is 0 Å². The molecule has 0 amide bonds. The van der Waals surface area contributed by atoms with Crippen LogP contribution in [0.4, 0.5) is 5.13 Å². The highest BCUT2D eigenvalue weighted by Gasteiger charge is 2.18. The molecule has 0 aliphatic heterocycles. The lowest BCUT2D eigenvalue weighted by atomic mass is 10.2. The van der Waals surface area contributed by atoms with Crippen LogP contribution in [-0.4, -0.2) is 13.4 Å². The van der Waals surface area contributed by atoms with Crippen molar-refractivity contribution in [3.63, 3.8) is 0 Å². The van der Waals surface area contributed by atoms with Gasteiger partial charge in [0.25, 0.3) is 10.0 Å². The van der Waals surface area contributed by atoms with Crippen LogP contribution in [0.3, 0.4) is 0 Å². The highest BCUT2D eigenvalue weighted by Crippen LogP contribution is 2.30. The molecule has 0 atom stereocenters. The van der Waals surface area contributed by atoms with E-state index in [1.54, 1.807) is 18.2 Å². The Labute approximate surface area is 146 Å². The van der Waals surface area contributed by atoms with Gasteiger partial charge in [-0.3, -0.25) is 4.72 Å². The predicted octanol–water partition coefficient (Wildman–Crippen LogP) is 4.28. The Balaban J connectivity index is 1.96. The normalized spacial score (nSPS) is 11.3. The van der Waals surface area contributed by atoms with E-state index in [2.05, 4.69) is 9.71 Å². The van der Waals surface area contributed by atoms with Crippen molar-refractivity contribution in [1.29, 1.82) is 5.26 Å². The number of sulfonamides is 1. The Hall–Kier alpha value is -1.85. The molecule has 0 aliphatic rings. The fraction of sp³-hybridized carbons (Fsp3) is 0. The molecule has 0 radical (unpaired) electrons. The molecule has 0 unspecified atom stereocenters. The summed E-state index contributed by atoms with van der Waals surface area (Å²) in [7, 11) is -3.85. The summed E-state index contributed by atoms with van der Waals surface area (Å²) in [5, 5.41) is 9.68. The third-order valence-electron chi connectivity index (χ3n) is 2.94. The Kier molecular flexibility index (Phi) is 4.17. The number of thiazole rings is 1. The van der Waals surface area contributed by atoms with Crippen LogP contribution in [0.15, 0.2) is 41.3 Å². The van der Waals surface area contributed by atoms with E-state index in [0.717, 1.165) is 4.70 Å². The van der Waals surface area contributed by atoms with Crippen LogP contribution in [-0.2, 0) is 10.0 Å². The highest BCUT2D eigenvalue weighted by molar-refractivity contribution is 7.93. The van der Waals surface area contributed by atoms with Gasteiger partial charge in [-0.1, -0.05) is 34.5 Å². The third kappa shape index (κ3) is 3.26. The van der Waals surface area contributed by atoms with E-state index < -0.39 is 10.0 Å². The Morgan fingerprint density at radius 3 is 2.65 bits per heavy atom. The maximum atomic E-state index is 12.4. The fourth-order valence-corrected chi connectivity index (χ4v) is 4.56. The van der Waals surface area contributed by atoms with Crippen molar-refractivity contribution in [2.75, 3.05) is 4.72 Å². The standard InChI is InChI=1S/C14H7Cl2N3O2S2/c15-9-2-4-12-13(5-9)22-14(18-12)19-23(20,21)10-3-1-8(7-17)11(16)6-10/h1-6H,(H,18,19). The van der Waals surface area contributed by atoms with Crippen LogP contribution in [0.1, 0.15) is 5.56 Å². The molecule has 116 valence electrons. The number of rotatable bonds is 3. The Morgan fingerprint density at radius 2 is 1.96 bits per heavy atom. The van der Waals surface area contributed by atoms with Gasteiger partial charge in [0.2, 0.25) is 0 Å². The first-order chi connectivity index (χ1) is 10.9. The molecule has 2 aromatic carbocycles. The van der Waals surface area contributed by atoms with E-state index in [1.165, 1.54) is 29.5 Å². The largest absolute Gasteiger partial charge is 0.263 e. The molecule has 0 aliphatic carbocycles. The monoisotopic (exact) mass is 383 g/mol. The maximum Gasteiger partial charge on any atom is 0.263 e. The van der Waals surface area contributed by atoms with Crippen LogP contribution >= 0.6 is 34.5 Å². The average Bonchev–Trinajstić information content (AvgIpc) is 2.87. The molecule has 5 nitrogen and oxygen atoms in total. The summed E-state index contributed by atoms with van der Waals surface area (Å²) in [6.45, 7) is 0. The van der Waals surface area contributed by atoms with Gasteiger partial charge in [0.05, 0.1) is 25.7 Å². The Morgan fingerprint density at radius 1 is 1.17 bits per heavy atom. The molecule has 9 heteroatoms. The minimum Gasteiger partial charge on any atom is -0.255 e. The van der Waals surface area contributed by atoms with Crippen LogP contribution < -0.4 is 4.72 Å². The lowest BCUT2D eigenvalue weighted by Gasteiger charge is -2.05. The number of aromatic nitrogens is 1. The fourth-order valence-electron chi connectivity index (χ4n) is 1.87. The minimum atomic E-state index is -3.85. The molecule has 3 aromatic rings. The van der Waals surface area contributed by atoms with Gasteiger partial charge in [0.1, 0.15) is 6.07 Å². The van der Waals surface area contributed by atoms with Crippen molar-refractivity contribution in [3.8, 4) is 6.07 Å². The maximum absolute atomic E-state index is 12.4. The number of fused-ring (bicyclic) bond motifs is 1. The topological polar surface area (TPSA) is 82.8 Å². The number of hydrogen-bond acceptors (Lipinski definition) is 5. The van der Waals surface area contributed by atoms with Gasteiger partial charge < -0.3 is 0 Å². The van der Waals surface area contributed by atoms with Crippen LogP contribution in [0.5, 0.6) is 0 Å². The molecule has 0 saturated heterocycles. The second kappa shape index (κ2) is 5.98. The molecule has 0 fully saturated rings. The lowest BCUT2D eigenvalue weighted by molar-refractivity contribution is 0.601. The van der Waals surface area contributed by atoms with E-state index in [9.17, 15) is 8.42 Å². The molecule has 3 rings (SSSR count). The zero-order chi connectivity index (χ0) is 16.6. The highest BCUT2D eigenvalue weighted by atomic mass is 35.5. The van der Waals surface area contributed by atoms with Gasteiger partial charge in [-0.25, -0.2) is 13.4 Å². The molecule has 0 saturated carbocycles. The molecule has 0 spiro atoms. The summed E-state index contributed by atoms with van der Waals surface area (Å²) in [5.41, 5.74) is 0.857. The molecule has 23 heavy (non-hydrogen) atoms. The first kappa shape index (κ1) is 16.0.